The number of aromatic nitrogens is 1. The van der Waals surface area contributed by atoms with Crippen molar-refractivity contribution >= 4 is 15.9 Å². The Labute approximate surface area is 124 Å². The Kier molecular flexibility index (Phi) is 4.55. The molecule has 118 valence electrons. The smallest absolute Gasteiger partial charge is 0.317 e. The average molecular weight is 315 g/mol. The molecule has 2 rings (SSSR count). The maximum absolute atomic E-state index is 12.0. The minimum Gasteiger partial charge on any atom is -0.361 e. The maximum atomic E-state index is 12.0. The first kappa shape index (κ1) is 15.8. The van der Waals surface area contributed by atoms with Crippen molar-refractivity contribution in [3.05, 3.63) is 17.0 Å². The van der Waals surface area contributed by atoms with Crippen molar-refractivity contribution in [3.63, 3.8) is 0 Å². The molecule has 2 heterocycles. The van der Waals surface area contributed by atoms with E-state index in [1.165, 1.54) is 4.90 Å². The fourth-order valence-corrected chi connectivity index (χ4v) is 4.30. The lowest BCUT2D eigenvalue weighted by Crippen LogP contribution is -2.39. The molecule has 0 aromatic carbocycles. The van der Waals surface area contributed by atoms with Crippen LogP contribution in [0.15, 0.2) is 4.52 Å². The molecule has 7 nitrogen and oxygen atoms in total. The molecule has 1 saturated heterocycles. The molecule has 0 unspecified atom stereocenters. The van der Waals surface area contributed by atoms with E-state index < -0.39 is 9.84 Å². The second-order valence-corrected chi connectivity index (χ2v) is 7.84. The van der Waals surface area contributed by atoms with Crippen LogP contribution < -0.4 is 5.32 Å². The fourth-order valence-electron chi connectivity index (χ4n) is 2.44. The van der Waals surface area contributed by atoms with Crippen molar-refractivity contribution < 1.29 is 17.7 Å². The van der Waals surface area contributed by atoms with Crippen LogP contribution in [-0.4, -0.2) is 49.6 Å². The first-order chi connectivity index (χ1) is 9.78. The quantitative estimate of drug-likeness (QED) is 0.890. The highest BCUT2D eigenvalue weighted by Crippen LogP contribution is 2.18. The molecular weight excluding hydrogens is 294 g/mol. The number of hydrogen-bond donors (Lipinski definition) is 1. The monoisotopic (exact) mass is 315 g/mol. The van der Waals surface area contributed by atoms with Crippen LogP contribution in [0.2, 0.25) is 0 Å². The Morgan fingerprint density at radius 3 is 2.71 bits per heavy atom. The minimum atomic E-state index is -2.90. The molecule has 1 fully saturated rings. The third kappa shape index (κ3) is 3.96. The normalized spacial score (nSPS) is 20.4. The molecule has 0 saturated carbocycles. The molecule has 1 atom stereocenters. The summed E-state index contributed by atoms with van der Waals surface area (Å²) in [6.07, 6.45) is 0.621. The topological polar surface area (TPSA) is 92.5 Å². The van der Waals surface area contributed by atoms with Gasteiger partial charge in [-0.3, -0.25) is 0 Å². The zero-order valence-corrected chi connectivity index (χ0v) is 13.4. The van der Waals surface area contributed by atoms with E-state index in [1.807, 2.05) is 13.8 Å². The highest BCUT2D eigenvalue weighted by Gasteiger charge is 2.28. The van der Waals surface area contributed by atoms with Gasteiger partial charge in [-0.15, -0.1) is 0 Å². The summed E-state index contributed by atoms with van der Waals surface area (Å²) in [4.78, 5) is 13.6. The van der Waals surface area contributed by atoms with E-state index in [-0.39, 0.29) is 23.5 Å². The molecule has 1 aromatic rings. The van der Waals surface area contributed by atoms with Gasteiger partial charge in [-0.2, -0.15) is 0 Å². The van der Waals surface area contributed by atoms with E-state index in [4.69, 9.17) is 4.52 Å². The van der Waals surface area contributed by atoms with Gasteiger partial charge in [0.15, 0.2) is 9.84 Å². The van der Waals surface area contributed by atoms with Gasteiger partial charge in [0.1, 0.15) is 5.76 Å². The van der Waals surface area contributed by atoms with E-state index >= 15 is 0 Å². The zero-order valence-electron chi connectivity index (χ0n) is 12.5. The summed E-state index contributed by atoms with van der Waals surface area (Å²) >= 11 is 0. The van der Waals surface area contributed by atoms with Crippen LogP contribution in [0, 0.1) is 19.8 Å². The summed E-state index contributed by atoms with van der Waals surface area (Å²) in [5.41, 5.74) is 1.67. The van der Waals surface area contributed by atoms with Crippen molar-refractivity contribution in [1.82, 2.24) is 15.4 Å². The number of rotatable bonds is 4. The van der Waals surface area contributed by atoms with E-state index in [1.54, 1.807) is 7.05 Å². The molecule has 1 aliphatic heterocycles. The number of aryl methyl sites for hydroxylation is 2. The maximum Gasteiger partial charge on any atom is 0.317 e. The molecule has 0 aliphatic carbocycles. The van der Waals surface area contributed by atoms with Crippen LogP contribution in [0.4, 0.5) is 4.79 Å². The molecule has 21 heavy (non-hydrogen) atoms. The van der Waals surface area contributed by atoms with Crippen LogP contribution in [0.5, 0.6) is 0 Å². The van der Waals surface area contributed by atoms with Gasteiger partial charge in [-0.1, -0.05) is 5.16 Å². The Hall–Kier alpha value is -1.57. The van der Waals surface area contributed by atoms with Crippen molar-refractivity contribution in [3.8, 4) is 0 Å². The average Bonchev–Trinajstić information content (AvgIpc) is 2.92. The number of carbonyl (C=O) groups is 1. The predicted molar refractivity (Wildman–Crippen MR) is 77.6 cm³/mol. The predicted octanol–water partition coefficient (Wildman–Crippen LogP) is 0.868. The summed E-state index contributed by atoms with van der Waals surface area (Å²) in [6.45, 7) is 4.45. The Balaban J connectivity index is 1.83. The summed E-state index contributed by atoms with van der Waals surface area (Å²) in [7, 11) is -1.21. The largest absolute Gasteiger partial charge is 0.361 e. The summed E-state index contributed by atoms with van der Waals surface area (Å²) < 4.78 is 27.8. The second-order valence-electron chi connectivity index (χ2n) is 5.61. The van der Waals surface area contributed by atoms with Crippen LogP contribution in [-0.2, 0) is 16.4 Å². The Morgan fingerprint density at radius 1 is 1.48 bits per heavy atom. The first-order valence-electron chi connectivity index (χ1n) is 6.89. The van der Waals surface area contributed by atoms with Gasteiger partial charge in [-0.05, 0) is 26.2 Å². The number of amides is 2. The highest BCUT2D eigenvalue weighted by atomic mass is 32.2. The number of urea groups is 1. The molecule has 1 N–H and O–H groups in total. The van der Waals surface area contributed by atoms with E-state index in [0.29, 0.717) is 25.3 Å². The molecular formula is C13H21N3O4S. The molecule has 1 aliphatic rings. The Bertz CT molecular complexity index is 604. The standard InChI is InChI=1S/C13H21N3O4S/c1-9-12(10(2)20-15-9)7-16(3)13(17)14-6-11-4-5-21(18,19)8-11/h11H,4-8H2,1-3H3,(H,14,17)/t11-/m1/s1. The first-order valence-corrected chi connectivity index (χ1v) is 8.72. The molecule has 8 heteroatoms. The van der Waals surface area contributed by atoms with Crippen molar-refractivity contribution in [1.29, 1.82) is 0 Å². The summed E-state index contributed by atoms with van der Waals surface area (Å²) in [6, 6.07) is -0.223. The third-order valence-corrected chi connectivity index (χ3v) is 5.63. The summed E-state index contributed by atoms with van der Waals surface area (Å²) in [5.74, 6) is 1.11. The van der Waals surface area contributed by atoms with Crippen molar-refractivity contribution in [2.75, 3.05) is 25.1 Å². The van der Waals surface area contributed by atoms with Gasteiger partial charge in [0.2, 0.25) is 0 Å². The van der Waals surface area contributed by atoms with Gasteiger partial charge in [-0.25, -0.2) is 13.2 Å². The number of nitrogens with one attached hydrogen (secondary N) is 1. The lowest BCUT2D eigenvalue weighted by atomic mass is 10.1. The molecule has 0 bridgehead atoms. The molecule has 1 aromatic heterocycles. The van der Waals surface area contributed by atoms with Crippen LogP contribution in [0.3, 0.4) is 0 Å². The van der Waals surface area contributed by atoms with Crippen LogP contribution >= 0.6 is 0 Å². The molecule has 0 spiro atoms. The number of nitrogens with zero attached hydrogens (tertiary/aromatic N) is 2. The molecule has 2 amide bonds. The van der Waals surface area contributed by atoms with Gasteiger partial charge in [0, 0.05) is 19.2 Å². The third-order valence-electron chi connectivity index (χ3n) is 3.79. The highest BCUT2D eigenvalue weighted by molar-refractivity contribution is 7.91. The minimum absolute atomic E-state index is 0.0198. The number of sulfone groups is 1. The van der Waals surface area contributed by atoms with Gasteiger partial charge < -0.3 is 14.7 Å². The Morgan fingerprint density at radius 2 is 2.19 bits per heavy atom. The van der Waals surface area contributed by atoms with Gasteiger partial charge in [0.25, 0.3) is 0 Å². The zero-order chi connectivity index (χ0) is 15.6. The SMILES string of the molecule is Cc1noc(C)c1CN(C)C(=O)NC[C@H]1CCS(=O)(=O)C1. The lowest BCUT2D eigenvalue weighted by molar-refractivity contribution is 0.205. The summed E-state index contributed by atoms with van der Waals surface area (Å²) in [5, 5.41) is 6.64. The van der Waals surface area contributed by atoms with Crippen molar-refractivity contribution in [2.24, 2.45) is 5.92 Å². The van der Waals surface area contributed by atoms with Crippen molar-refractivity contribution in [2.45, 2.75) is 26.8 Å². The van der Waals surface area contributed by atoms with Gasteiger partial charge >= 0.3 is 6.03 Å². The van der Waals surface area contributed by atoms with Gasteiger partial charge in [0.05, 0.1) is 23.7 Å². The van der Waals surface area contributed by atoms with Crippen LogP contribution in [0.1, 0.15) is 23.4 Å². The lowest BCUT2D eigenvalue weighted by Gasteiger charge is -2.19. The fraction of sp³-hybridized carbons (Fsp3) is 0.692. The van der Waals surface area contributed by atoms with E-state index in [0.717, 1.165) is 11.3 Å². The number of hydrogen-bond acceptors (Lipinski definition) is 5. The molecule has 0 radical (unpaired) electrons. The van der Waals surface area contributed by atoms with E-state index in [2.05, 4.69) is 10.5 Å². The van der Waals surface area contributed by atoms with Crippen LogP contribution in [0.25, 0.3) is 0 Å². The second kappa shape index (κ2) is 6.05. The van der Waals surface area contributed by atoms with E-state index in [9.17, 15) is 13.2 Å². The number of carbonyl (C=O) groups excluding carboxylic acids is 1.